The Morgan fingerprint density at radius 1 is 1.03 bits per heavy atom. The molecule has 2 aromatic carbocycles. The SMILES string of the molecule is CCCCCCCN(Cc1ccc(OCOCCOC)cc1)C(=O)Nc1ccc(Cl)cc1C(F)(F)F. The number of nitrogens with zero attached hydrogens (tertiary/aromatic N) is 1. The highest BCUT2D eigenvalue weighted by atomic mass is 35.5. The summed E-state index contributed by atoms with van der Waals surface area (Å²) in [5.41, 5.74) is -0.496. The Kier molecular flexibility index (Phi) is 12.9. The van der Waals surface area contributed by atoms with Gasteiger partial charge in [0.05, 0.1) is 24.5 Å². The molecule has 2 aromatic rings. The van der Waals surface area contributed by atoms with Crippen LogP contribution in [0.4, 0.5) is 23.7 Å². The van der Waals surface area contributed by atoms with Gasteiger partial charge < -0.3 is 24.4 Å². The standard InChI is InChI=1S/C26H34ClF3N2O4/c1-3-4-5-6-7-14-32(18-20-8-11-22(12-9-20)36-19-35-16-15-34-2)25(33)31-24-13-10-21(27)17-23(24)26(28,29)30/h8-13,17H,3-7,14-16,18-19H2,1-2H3,(H,31,33). The molecular formula is C26H34ClF3N2O4. The van der Waals surface area contributed by atoms with E-state index in [4.69, 9.17) is 25.8 Å². The van der Waals surface area contributed by atoms with E-state index < -0.39 is 17.8 Å². The van der Waals surface area contributed by atoms with Gasteiger partial charge in [-0.2, -0.15) is 13.2 Å². The van der Waals surface area contributed by atoms with Crippen molar-refractivity contribution >= 4 is 23.3 Å². The number of rotatable bonds is 15. The second-order valence-corrected chi connectivity index (χ2v) is 8.70. The maximum absolute atomic E-state index is 13.5. The Morgan fingerprint density at radius 3 is 2.42 bits per heavy atom. The second-order valence-electron chi connectivity index (χ2n) is 8.26. The topological polar surface area (TPSA) is 60.0 Å². The molecule has 200 valence electrons. The molecule has 0 atom stereocenters. The number of unbranched alkanes of at least 4 members (excludes halogenated alkanes) is 4. The Balaban J connectivity index is 2.07. The number of hydrogen-bond donors (Lipinski definition) is 1. The molecule has 36 heavy (non-hydrogen) atoms. The number of amides is 2. The molecule has 0 spiro atoms. The fraction of sp³-hybridized carbons (Fsp3) is 0.500. The van der Waals surface area contributed by atoms with Crippen molar-refractivity contribution in [1.82, 2.24) is 4.90 Å². The number of alkyl halides is 3. The van der Waals surface area contributed by atoms with Gasteiger partial charge in [0.25, 0.3) is 0 Å². The van der Waals surface area contributed by atoms with Gasteiger partial charge in [-0.1, -0.05) is 56.3 Å². The summed E-state index contributed by atoms with van der Waals surface area (Å²) < 4.78 is 56.1. The largest absolute Gasteiger partial charge is 0.468 e. The number of methoxy groups -OCH3 is 1. The van der Waals surface area contributed by atoms with E-state index in [0.29, 0.717) is 25.5 Å². The number of carbonyl (C=O) groups excluding carboxylic acids is 1. The van der Waals surface area contributed by atoms with Gasteiger partial charge in [-0.05, 0) is 42.3 Å². The number of hydrogen-bond acceptors (Lipinski definition) is 4. The molecule has 1 N–H and O–H groups in total. The van der Waals surface area contributed by atoms with Crippen LogP contribution in [0.1, 0.15) is 50.2 Å². The zero-order chi connectivity index (χ0) is 26.4. The number of halogens is 4. The lowest BCUT2D eigenvalue weighted by molar-refractivity contribution is -0.136. The van der Waals surface area contributed by atoms with Gasteiger partial charge in [0, 0.05) is 25.2 Å². The minimum absolute atomic E-state index is 0.0560. The summed E-state index contributed by atoms with van der Waals surface area (Å²) in [6.07, 6.45) is 0.263. The maximum atomic E-state index is 13.5. The van der Waals surface area contributed by atoms with Crippen LogP contribution in [-0.2, 0) is 22.2 Å². The number of carbonyl (C=O) groups is 1. The minimum Gasteiger partial charge on any atom is -0.468 e. The number of nitrogens with one attached hydrogen (secondary N) is 1. The lowest BCUT2D eigenvalue weighted by Gasteiger charge is -2.24. The molecular weight excluding hydrogens is 497 g/mol. The van der Waals surface area contributed by atoms with Crippen molar-refractivity contribution in [2.24, 2.45) is 0 Å². The third-order valence-electron chi connectivity index (χ3n) is 5.38. The summed E-state index contributed by atoms with van der Waals surface area (Å²) in [4.78, 5) is 14.6. The van der Waals surface area contributed by atoms with Gasteiger partial charge in [0.1, 0.15) is 5.75 Å². The van der Waals surface area contributed by atoms with Crippen molar-refractivity contribution in [3.63, 3.8) is 0 Å². The first kappa shape index (κ1) is 29.7. The van der Waals surface area contributed by atoms with E-state index in [0.717, 1.165) is 43.7 Å². The van der Waals surface area contributed by atoms with Crippen molar-refractivity contribution in [2.45, 2.75) is 51.7 Å². The highest BCUT2D eigenvalue weighted by molar-refractivity contribution is 6.30. The van der Waals surface area contributed by atoms with E-state index in [9.17, 15) is 18.0 Å². The third kappa shape index (κ3) is 10.6. The molecule has 0 saturated heterocycles. The summed E-state index contributed by atoms with van der Waals surface area (Å²) in [7, 11) is 1.59. The van der Waals surface area contributed by atoms with Gasteiger partial charge in [0.15, 0.2) is 6.79 Å². The Morgan fingerprint density at radius 2 is 1.75 bits per heavy atom. The van der Waals surface area contributed by atoms with E-state index >= 15 is 0 Å². The van der Waals surface area contributed by atoms with Crippen molar-refractivity contribution in [2.75, 3.05) is 39.0 Å². The van der Waals surface area contributed by atoms with Gasteiger partial charge >= 0.3 is 12.2 Å². The molecule has 0 radical (unpaired) electrons. The zero-order valence-corrected chi connectivity index (χ0v) is 21.5. The average molecular weight is 531 g/mol. The fourth-order valence-corrected chi connectivity index (χ4v) is 3.61. The first-order chi connectivity index (χ1) is 17.2. The molecule has 0 fully saturated rings. The van der Waals surface area contributed by atoms with E-state index in [1.807, 2.05) is 12.1 Å². The van der Waals surface area contributed by atoms with Crippen LogP contribution in [0.5, 0.6) is 5.75 Å². The van der Waals surface area contributed by atoms with Crippen LogP contribution in [0, 0.1) is 0 Å². The highest BCUT2D eigenvalue weighted by Gasteiger charge is 2.34. The molecule has 0 heterocycles. The van der Waals surface area contributed by atoms with Crippen LogP contribution in [0.2, 0.25) is 5.02 Å². The lowest BCUT2D eigenvalue weighted by Crippen LogP contribution is -2.35. The van der Waals surface area contributed by atoms with Crippen LogP contribution < -0.4 is 10.1 Å². The molecule has 0 aliphatic carbocycles. The van der Waals surface area contributed by atoms with Crippen molar-refractivity contribution in [3.8, 4) is 5.75 Å². The summed E-state index contributed by atoms with van der Waals surface area (Å²) >= 11 is 5.76. The average Bonchev–Trinajstić information content (AvgIpc) is 2.84. The predicted molar refractivity (Wildman–Crippen MR) is 134 cm³/mol. The van der Waals surface area contributed by atoms with Crippen LogP contribution in [-0.4, -0.2) is 44.6 Å². The van der Waals surface area contributed by atoms with Gasteiger partial charge in [-0.25, -0.2) is 4.79 Å². The van der Waals surface area contributed by atoms with Gasteiger partial charge in [-0.3, -0.25) is 0 Å². The molecule has 0 saturated carbocycles. The van der Waals surface area contributed by atoms with Crippen LogP contribution in [0.15, 0.2) is 42.5 Å². The van der Waals surface area contributed by atoms with E-state index in [1.165, 1.54) is 17.0 Å². The normalized spacial score (nSPS) is 11.4. The van der Waals surface area contributed by atoms with Crippen LogP contribution in [0.25, 0.3) is 0 Å². The minimum atomic E-state index is -4.65. The predicted octanol–water partition coefficient (Wildman–Crippen LogP) is 7.36. The molecule has 0 bridgehead atoms. The monoisotopic (exact) mass is 530 g/mol. The second kappa shape index (κ2) is 15.6. The molecule has 2 rings (SSSR count). The number of anilines is 1. The fourth-order valence-electron chi connectivity index (χ4n) is 3.44. The van der Waals surface area contributed by atoms with E-state index in [1.54, 1.807) is 19.2 Å². The van der Waals surface area contributed by atoms with Gasteiger partial charge in [0.2, 0.25) is 0 Å². The summed E-state index contributed by atoms with van der Waals surface area (Å²) in [6, 6.07) is 9.83. The first-order valence-corrected chi connectivity index (χ1v) is 12.3. The highest BCUT2D eigenvalue weighted by Crippen LogP contribution is 2.36. The smallest absolute Gasteiger partial charge is 0.418 e. The Hall–Kier alpha value is -2.49. The van der Waals surface area contributed by atoms with Crippen molar-refractivity contribution < 1.29 is 32.2 Å². The molecule has 0 unspecified atom stereocenters. The molecule has 0 aromatic heterocycles. The molecule has 10 heteroatoms. The number of ether oxygens (including phenoxy) is 3. The lowest BCUT2D eigenvalue weighted by atomic mass is 10.1. The number of benzene rings is 2. The summed E-state index contributed by atoms with van der Waals surface area (Å²) in [6.45, 7) is 3.73. The van der Waals surface area contributed by atoms with Gasteiger partial charge in [-0.15, -0.1) is 0 Å². The Labute approximate surface area is 215 Å². The zero-order valence-electron chi connectivity index (χ0n) is 20.7. The summed E-state index contributed by atoms with van der Waals surface area (Å²) in [5.74, 6) is 0.600. The third-order valence-corrected chi connectivity index (χ3v) is 5.62. The summed E-state index contributed by atoms with van der Waals surface area (Å²) in [5, 5.41) is 2.37. The van der Waals surface area contributed by atoms with Crippen LogP contribution in [0.3, 0.4) is 0 Å². The van der Waals surface area contributed by atoms with Crippen molar-refractivity contribution in [3.05, 3.63) is 58.6 Å². The number of urea groups is 1. The van der Waals surface area contributed by atoms with Crippen LogP contribution >= 0.6 is 11.6 Å². The molecule has 6 nitrogen and oxygen atoms in total. The van der Waals surface area contributed by atoms with E-state index in [2.05, 4.69) is 12.2 Å². The quantitative estimate of drug-likeness (QED) is 0.193. The van der Waals surface area contributed by atoms with Crippen molar-refractivity contribution in [1.29, 1.82) is 0 Å². The maximum Gasteiger partial charge on any atom is 0.418 e. The molecule has 0 aliphatic rings. The van der Waals surface area contributed by atoms with E-state index in [-0.39, 0.29) is 24.0 Å². The molecule has 2 amide bonds. The Bertz CT molecular complexity index is 926. The molecule has 0 aliphatic heterocycles. The first-order valence-electron chi connectivity index (χ1n) is 12.0.